The molecule has 2 amide bonds. The Morgan fingerprint density at radius 3 is 2.92 bits per heavy atom. The van der Waals surface area contributed by atoms with Crippen molar-refractivity contribution in [3.05, 3.63) is 23.8 Å². The Morgan fingerprint density at radius 1 is 1.36 bits per heavy atom. The molecule has 0 spiro atoms. The molecule has 25 heavy (non-hydrogen) atoms. The first-order valence-corrected chi connectivity index (χ1v) is 8.79. The van der Waals surface area contributed by atoms with Crippen LogP contribution >= 0.6 is 11.8 Å². The van der Waals surface area contributed by atoms with E-state index < -0.39 is 18.0 Å². The van der Waals surface area contributed by atoms with Crippen LogP contribution in [0, 0.1) is 0 Å². The monoisotopic (exact) mass is 366 g/mol. The number of carbonyl (C=O) groups is 3. The fraction of sp³-hybridized carbons (Fsp3) is 0.438. The molecule has 2 aliphatic heterocycles. The number of nitrogens with one attached hydrogen (secondary N) is 1. The summed E-state index contributed by atoms with van der Waals surface area (Å²) in [5, 5.41) is 2.56. The summed E-state index contributed by atoms with van der Waals surface area (Å²) in [6.07, 6.45) is -0.938. The van der Waals surface area contributed by atoms with Crippen molar-refractivity contribution < 1.29 is 28.6 Å². The molecule has 0 saturated carbocycles. The van der Waals surface area contributed by atoms with E-state index >= 15 is 0 Å². The van der Waals surface area contributed by atoms with Crippen molar-refractivity contribution in [2.24, 2.45) is 0 Å². The molecular weight excluding hydrogens is 348 g/mol. The molecule has 0 unspecified atom stereocenters. The first-order chi connectivity index (χ1) is 12.0. The average Bonchev–Trinajstić information content (AvgIpc) is 3.21. The highest BCUT2D eigenvalue weighted by molar-refractivity contribution is 8.13. The Kier molecular flexibility index (Phi) is 5.32. The summed E-state index contributed by atoms with van der Waals surface area (Å²) in [4.78, 5) is 36.7. The molecule has 134 valence electrons. The molecular formula is C16H18N2O6S. The topological polar surface area (TPSA) is 94.2 Å². The standard InChI is InChI=1S/C16H18N2O6S/c1-10(24-14(19)8-18-4-5-25-16(18)21)15(20)17-7-11-2-3-12-13(6-11)23-9-22-12/h2-3,6,10H,4-5,7-9H2,1H3,(H,17,20)/t10-/m1/s1. The molecule has 1 saturated heterocycles. The van der Waals surface area contributed by atoms with Crippen LogP contribution in [0.2, 0.25) is 0 Å². The number of thioether (sulfide) groups is 1. The number of ether oxygens (including phenoxy) is 3. The van der Waals surface area contributed by atoms with Gasteiger partial charge in [-0.3, -0.25) is 14.4 Å². The summed E-state index contributed by atoms with van der Waals surface area (Å²) in [5.74, 6) is 0.971. The zero-order valence-corrected chi connectivity index (χ0v) is 14.5. The number of amides is 2. The molecule has 1 N–H and O–H groups in total. The number of hydrogen-bond donors (Lipinski definition) is 1. The maximum Gasteiger partial charge on any atom is 0.326 e. The smallest absolute Gasteiger partial charge is 0.326 e. The SMILES string of the molecule is C[C@@H](OC(=O)CN1CCSC1=O)C(=O)NCc1ccc2c(c1)OCO2. The highest BCUT2D eigenvalue weighted by Crippen LogP contribution is 2.32. The van der Waals surface area contributed by atoms with Crippen LogP contribution in [0.15, 0.2) is 18.2 Å². The molecule has 8 nitrogen and oxygen atoms in total. The fourth-order valence-corrected chi connectivity index (χ4v) is 3.22. The second-order valence-corrected chi connectivity index (χ2v) is 6.62. The Morgan fingerprint density at radius 2 is 2.16 bits per heavy atom. The lowest BCUT2D eigenvalue weighted by atomic mass is 10.2. The van der Waals surface area contributed by atoms with Gasteiger partial charge in [-0.15, -0.1) is 0 Å². The van der Waals surface area contributed by atoms with Gasteiger partial charge in [0.25, 0.3) is 11.1 Å². The van der Waals surface area contributed by atoms with Crippen molar-refractivity contribution in [3.63, 3.8) is 0 Å². The zero-order valence-electron chi connectivity index (χ0n) is 13.6. The Bertz CT molecular complexity index is 695. The van der Waals surface area contributed by atoms with Crippen molar-refractivity contribution in [2.45, 2.75) is 19.6 Å². The predicted octanol–water partition coefficient (Wildman–Crippen LogP) is 1.13. The largest absolute Gasteiger partial charge is 0.454 e. The summed E-state index contributed by atoms with van der Waals surface area (Å²) in [6, 6.07) is 5.38. The molecule has 1 aromatic rings. The molecule has 2 aliphatic rings. The highest BCUT2D eigenvalue weighted by atomic mass is 32.2. The third-order valence-corrected chi connectivity index (χ3v) is 4.64. The minimum atomic E-state index is -0.938. The first-order valence-electron chi connectivity index (χ1n) is 7.80. The van der Waals surface area contributed by atoms with E-state index in [1.54, 1.807) is 12.1 Å². The van der Waals surface area contributed by atoms with E-state index in [0.717, 1.165) is 5.56 Å². The number of carbonyl (C=O) groups excluding carboxylic acids is 3. The van der Waals surface area contributed by atoms with Gasteiger partial charge in [-0.1, -0.05) is 17.8 Å². The van der Waals surface area contributed by atoms with Gasteiger partial charge >= 0.3 is 5.97 Å². The minimum Gasteiger partial charge on any atom is -0.454 e. The molecule has 0 radical (unpaired) electrons. The van der Waals surface area contributed by atoms with Gasteiger partial charge < -0.3 is 24.4 Å². The lowest BCUT2D eigenvalue weighted by molar-refractivity contribution is -0.155. The third-order valence-electron chi connectivity index (χ3n) is 3.75. The van der Waals surface area contributed by atoms with Gasteiger partial charge in [0.15, 0.2) is 17.6 Å². The van der Waals surface area contributed by atoms with E-state index in [-0.39, 0.29) is 25.1 Å². The van der Waals surface area contributed by atoms with Crippen molar-refractivity contribution in [3.8, 4) is 11.5 Å². The van der Waals surface area contributed by atoms with Crippen molar-refractivity contribution >= 4 is 28.9 Å². The molecule has 0 aromatic heterocycles. The lowest BCUT2D eigenvalue weighted by Crippen LogP contribution is -2.38. The third kappa shape index (κ3) is 4.36. The van der Waals surface area contributed by atoms with Crippen LogP contribution < -0.4 is 14.8 Å². The van der Waals surface area contributed by atoms with Crippen LogP contribution in [0.3, 0.4) is 0 Å². The van der Waals surface area contributed by atoms with Crippen molar-refractivity contribution in [2.75, 3.05) is 25.6 Å². The minimum absolute atomic E-state index is 0.133. The lowest BCUT2D eigenvalue weighted by Gasteiger charge is -2.17. The summed E-state index contributed by atoms with van der Waals surface area (Å²) in [7, 11) is 0. The summed E-state index contributed by atoms with van der Waals surface area (Å²) in [5.41, 5.74) is 0.843. The number of nitrogens with zero attached hydrogens (tertiary/aromatic N) is 1. The first kappa shape index (κ1) is 17.4. The van der Waals surface area contributed by atoms with Gasteiger partial charge in [0.2, 0.25) is 6.79 Å². The van der Waals surface area contributed by atoms with Crippen molar-refractivity contribution in [1.29, 1.82) is 0 Å². The molecule has 1 atom stereocenters. The van der Waals surface area contributed by atoms with Crippen molar-refractivity contribution in [1.82, 2.24) is 10.2 Å². The molecule has 1 aromatic carbocycles. The molecule has 9 heteroatoms. The van der Waals surface area contributed by atoms with Crippen LogP contribution in [0.25, 0.3) is 0 Å². The van der Waals surface area contributed by atoms with Crippen LogP contribution in [-0.2, 0) is 20.9 Å². The summed E-state index contributed by atoms with van der Waals surface area (Å²) in [6.45, 7) is 2.34. The molecule has 2 heterocycles. The van der Waals surface area contributed by atoms with E-state index in [9.17, 15) is 14.4 Å². The number of fused-ring (bicyclic) bond motifs is 1. The number of rotatable bonds is 6. The fourth-order valence-electron chi connectivity index (χ4n) is 2.40. The normalized spacial score (nSPS) is 16.7. The molecule has 0 aliphatic carbocycles. The van der Waals surface area contributed by atoms with Crippen LogP contribution in [0.1, 0.15) is 12.5 Å². The van der Waals surface area contributed by atoms with E-state index in [1.165, 1.54) is 23.6 Å². The molecule has 0 bridgehead atoms. The predicted molar refractivity (Wildman–Crippen MR) is 89.4 cm³/mol. The second kappa shape index (κ2) is 7.64. The summed E-state index contributed by atoms with van der Waals surface area (Å²) >= 11 is 1.17. The molecule has 3 rings (SSSR count). The Balaban J connectivity index is 1.44. The van der Waals surface area contributed by atoms with Gasteiger partial charge in [-0.2, -0.15) is 0 Å². The number of esters is 1. The van der Waals surface area contributed by atoms with Gasteiger partial charge in [-0.05, 0) is 24.6 Å². The van der Waals surface area contributed by atoms with Gasteiger partial charge in [-0.25, -0.2) is 0 Å². The summed E-state index contributed by atoms with van der Waals surface area (Å²) < 4.78 is 15.6. The number of benzene rings is 1. The Labute approximate surface area is 148 Å². The van der Waals surface area contributed by atoms with Gasteiger partial charge in [0.1, 0.15) is 6.54 Å². The molecule has 1 fully saturated rings. The quantitative estimate of drug-likeness (QED) is 0.754. The average molecular weight is 366 g/mol. The Hall–Kier alpha value is -2.42. The van der Waals surface area contributed by atoms with Crippen LogP contribution in [0.4, 0.5) is 4.79 Å². The maximum absolute atomic E-state index is 12.1. The van der Waals surface area contributed by atoms with E-state index in [1.807, 2.05) is 6.07 Å². The van der Waals surface area contributed by atoms with Gasteiger partial charge in [0.05, 0.1) is 0 Å². The van der Waals surface area contributed by atoms with Crippen LogP contribution in [-0.4, -0.2) is 53.8 Å². The van der Waals surface area contributed by atoms with E-state index in [4.69, 9.17) is 14.2 Å². The maximum atomic E-state index is 12.1. The van der Waals surface area contributed by atoms with E-state index in [2.05, 4.69) is 5.32 Å². The number of hydrogen-bond acceptors (Lipinski definition) is 7. The highest BCUT2D eigenvalue weighted by Gasteiger charge is 2.26. The zero-order chi connectivity index (χ0) is 17.8. The second-order valence-electron chi connectivity index (χ2n) is 5.57. The van der Waals surface area contributed by atoms with Crippen LogP contribution in [0.5, 0.6) is 11.5 Å². The van der Waals surface area contributed by atoms with Gasteiger partial charge in [0, 0.05) is 18.8 Å². The van der Waals surface area contributed by atoms with E-state index in [0.29, 0.717) is 23.8 Å².